The van der Waals surface area contributed by atoms with Crippen molar-refractivity contribution in [2.75, 3.05) is 11.6 Å². The average molecular weight is 261 g/mol. The van der Waals surface area contributed by atoms with Crippen LogP contribution >= 0.6 is 11.8 Å². The fourth-order valence-corrected chi connectivity index (χ4v) is 2.18. The summed E-state index contributed by atoms with van der Waals surface area (Å²) in [5.41, 5.74) is 2.15. The molecule has 2 aromatic rings. The quantitative estimate of drug-likeness (QED) is 0.799. The maximum absolute atomic E-state index is 12.8. The van der Waals surface area contributed by atoms with Gasteiger partial charge < -0.3 is 5.32 Å². The van der Waals surface area contributed by atoms with Crippen LogP contribution in [0.15, 0.2) is 53.4 Å². The third kappa shape index (κ3) is 3.26. The molecule has 1 atom stereocenters. The van der Waals surface area contributed by atoms with Crippen molar-refractivity contribution in [3.05, 3.63) is 59.9 Å². The highest BCUT2D eigenvalue weighted by Crippen LogP contribution is 2.22. The molecular weight excluding hydrogens is 245 g/mol. The summed E-state index contributed by atoms with van der Waals surface area (Å²) in [6.07, 6.45) is 2.06. The molecule has 0 saturated heterocycles. The predicted molar refractivity (Wildman–Crippen MR) is 76.7 cm³/mol. The van der Waals surface area contributed by atoms with Gasteiger partial charge in [-0.25, -0.2) is 4.39 Å². The minimum absolute atomic E-state index is 0.200. The Morgan fingerprint density at radius 1 is 1.00 bits per heavy atom. The van der Waals surface area contributed by atoms with Crippen LogP contribution in [0, 0.1) is 5.82 Å². The van der Waals surface area contributed by atoms with Gasteiger partial charge in [0.15, 0.2) is 0 Å². The van der Waals surface area contributed by atoms with E-state index in [1.54, 1.807) is 23.9 Å². The van der Waals surface area contributed by atoms with E-state index < -0.39 is 0 Å². The fraction of sp³-hybridized carbons (Fsp3) is 0.200. The van der Waals surface area contributed by atoms with Gasteiger partial charge >= 0.3 is 0 Å². The molecule has 0 amide bonds. The largest absolute Gasteiger partial charge is 0.379 e. The molecule has 0 spiro atoms. The van der Waals surface area contributed by atoms with Crippen molar-refractivity contribution in [3.8, 4) is 0 Å². The first-order valence-electron chi connectivity index (χ1n) is 5.85. The number of hydrogen-bond acceptors (Lipinski definition) is 2. The first-order chi connectivity index (χ1) is 8.69. The summed E-state index contributed by atoms with van der Waals surface area (Å²) in [6, 6.07) is 15.1. The van der Waals surface area contributed by atoms with Gasteiger partial charge in [0.2, 0.25) is 0 Å². The van der Waals surface area contributed by atoms with Crippen LogP contribution in [0.2, 0.25) is 0 Å². The SMILES string of the molecule is CSc1ccc(C(C)Nc2ccc(F)cc2)cc1. The molecule has 18 heavy (non-hydrogen) atoms. The summed E-state index contributed by atoms with van der Waals surface area (Å²) in [7, 11) is 0. The molecule has 1 unspecified atom stereocenters. The zero-order chi connectivity index (χ0) is 13.0. The topological polar surface area (TPSA) is 12.0 Å². The Morgan fingerprint density at radius 2 is 1.61 bits per heavy atom. The first kappa shape index (κ1) is 13.0. The highest BCUT2D eigenvalue weighted by molar-refractivity contribution is 7.98. The van der Waals surface area contributed by atoms with E-state index in [1.807, 2.05) is 0 Å². The Kier molecular flexibility index (Phi) is 4.26. The zero-order valence-electron chi connectivity index (χ0n) is 10.5. The van der Waals surface area contributed by atoms with Crippen LogP contribution in [0.25, 0.3) is 0 Å². The van der Waals surface area contributed by atoms with E-state index in [0.717, 1.165) is 5.69 Å². The van der Waals surface area contributed by atoms with Crippen molar-refractivity contribution in [2.24, 2.45) is 0 Å². The standard InChI is InChI=1S/C15H16FNS/c1-11(12-3-9-15(18-2)10-4-12)17-14-7-5-13(16)6-8-14/h3-11,17H,1-2H3. The lowest BCUT2D eigenvalue weighted by atomic mass is 10.1. The maximum atomic E-state index is 12.8. The van der Waals surface area contributed by atoms with E-state index in [9.17, 15) is 4.39 Å². The second-order valence-corrected chi connectivity index (χ2v) is 5.03. The lowest BCUT2D eigenvalue weighted by molar-refractivity contribution is 0.628. The molecule has 0 saturated carbocycles. The number of halogens is 1. The van der Waals surface area contributed by atoms with Crippen molar-refractivity contribution in [1.82, 2.24) is 0 Å². The van der Waals surface area contributed by atoms with E-state index >= 15 is 0 Å². The molecular formula is C15H16FNS. The van der Waals surface area contributed by atoms with Crippen LogP contribution in [0.3, 0.4) is 0 Å². The monoisotopic (exact) mass is 261 g/mol. The van der Waals surface area contributed by atoms with E-state index in [-0.39, 0.29) is 11.9 Å². The number of benzene rings is 2. The molecule has 1 N–H and O–H groups in total. The molecule has 0 radical (unpaired) electrons. The number of rotatable bonds is 4. The van der Waals surface area contributed by atoms with E-state index in [0.29, 0.717) is 0 Å². The molecule has 2 aromatic carbocycles. The fourth-order valence-electron chi connectivity index (χ4n) is 1.77. The molecule has 0 aromatic heterocycles. The van der Waals surface area contributed by atoms with E-state index in [2.05, 4.69) is 42.8 Å². The van der Waals surface area contributed by atoms with Crippen molar-refractivity contribution in [1.29, 1.82) is 0 Å². The molecule has 0 aliphatic carbocycles. The summed E-state index contributed by atoms with van der Waals surface area (Å²) >= 11 is 1.73. The number of nitrogens with one attached hydrogen (secondary N) is 1. The number of hydrogen-bond donors (Lipinski definition) is 1. The summed E-state index contributed by atoms with van der Waals surface area (Å²) in [5.74, 6) is -0.211. The summed E-state index contributed by atoms with van der Waals surface area (Å²) < 4.78 is 12.8. The lowest BCUT2D eigenvalue weighted by Crippen LogP contribution is -2.06. The van der Waals surface area contributed by atoms with Crippen molar-refractivity contribution in [2.45, 2.75) is 17.9 Å². The number of anilines is 1. The molecule has 0 bridgehead atoms. The van der Waals surface area contributed by atoms with Gasteiger partial charge in [0.05, 0.1) is 0 Å². The third-order valence-electron chi connectivity index (χ3n) is 2.84. The van der Waals surface area contributed by atoms with Crippen LogP contribution in [0.4, 0.5) is 10.1 Å². The van der Waals surface area contributed by atoms with Gasteiger partial charge in [0, 0.05) is 16.6 Å². The molecule has 1 nitrogen and oxygen atoms in total. The Labute approximate surface area is 111 Å². The van der Waals surface area contributed by atoms with Gasteiger partial charge in [-0.2, -0.15) is 0 Å². The molecule has 2 rings (SSSR count). The van der Waals surface area contributed by atoms with Crippen LogP contribution in [-0.4, -0.2) is 6.26 Å². The Balaban J connectivity index is 2.06. The highest BCUT2D eigenvalue weighted by Gasteiger charge is 2.05. The Hall–Kier alpha value is -1.48. The molecule has 0 heterocycles. The normalized spacial score (nSPS) is 12.2. The van der Waals surface area contributed by atoms with E-state index in [1.165, 1.54) is 22.6 Å². The van der Waals surface area contributed by atoms with Gasteiger partial charge in [-0.05, 0) is 55.1 Å². The summed E-state index contributed by atoms with van der Waals surface area (Å²) in [4.78, 5) is 1.26. The maximum Gasteiger partial charge on any atom is 0.123 e. The van der Waals surface area contributed by atoms with Crippen molar-refractivity contribution in [3.63, 3.8) is 0 Å². The smallest absolute Gasteiger partial charge is 0.123 e. The molecule has 94 valence electrons. The van der Waals surface area contributed by atoms with Gasteiger partial charge in [0.25, 0.3) is 0 Å². The second-order valence-electron chi connectivity index (χ2n) is 4.15. The summed E-state index contributed by atoms with van der Waals surface area (Å²) in [6.45, 7) is 2.09. The van der Waals surface area contributed by atoms with Gasteiger partial charge in [-0.1, -0.05) is 12.1 Å². The third-order valence-corrected chi connectivity index (χ3v) is 3.59. The van der Waals surface area contributed by atoms with Gasteiger partial charge in [0.1, 0.15) is 5.82 Å². The van der Waals surface area contributed by atoms with Crippen molar-refractivity contribution >= 4 is 17.4 Å². The molecule has 0 fully saturated rings. The first-order valence-corrected chi connectivity index (χ1v) is 7.07. The van der Waals surface area contributed by atoms with Gasteiger partial charge in [-0.3, -0.25) is 0 Å². The second kappa shape index (κ2) is 5.91. The van der Waals surface area contributed by atoms with Crippen LogP contribution in [-0.2, 0) is 0 Å². The Morgan fingerprint density at radius 3 is 2.17 bits per heavy atom. The van der Waals surface area contributed by atoms with Crippen LogP contribution in [0.5, 0.6) is 0 Å². The van der Waals surface area contributed by atoms with Crippen LogP contribution in [0.1, 0.15) is 18.5 Å². The molecule has 3 heteroatoms. The zero-order valence-corrected chi connectivity index (χ0v) is 11.3. The average Bonchev–Trinajstić information content (AvgIpc) is 2.41. The number of thioether (sulfide) groups is 1. The van der Waals surface area contributed by atoms with E-state index in [4.69, 9.17) is 0 Å². The Bertz CT molecular complexity index is 493. The molecule has 0 aliphatic heterocycles. The minimum atomic E-state index is -0.211. The lowest BCUT2D eigenvalue weighted by Gasteiger charge is -2.16. The van der Waals surface area contributed by atoms with Crippen LogP contribution < -0.4 is 5.32 Å². The molecule has 0 aliphatic rings. The highest BCUT2D eigenvalue weighted by atomic mass is 32.2. The summed E-state index contributed by atoms with van der Waals surface area (Å²) in [5, 5.41) is 3.35. The predicted octanol–water partition coefficient (Wildman–Crippen LogP) is 4.72. The van der Waals surface area contributed by atoms with Gasteiger partial charge in [-0.15, -0.1) is 11.8 Å². The van der Waals surface area contributed by atoms with Crippen molar-refractivity contribution < 1.29 is 4.39 Å². The minimum Gasteiger partial charge on any atom is -0.379 e.